The molecule has 144 valence electrons. The number of likely N-dealkylation sites (N-methyl/N-ethyl adjacent to an activating group) is 1. The molecule has 7 heteroatoms. The van der Waals surface area contributed by atoms with E-state index in [9.17, 15) is 4.79 Å². The monoisotopic (exact) mass is 362 g/mol. The fraction of sp³-hybridized carbons (Fsp3) is 0.579. The second-order valence-electron chi connectivity index (χ2n) is 6.53. The van der Waals surface area contributed by atoms with Crippen LogP contribution >= 0.6 is 0 Å². The van der Waals surface area contributed by atoms with E-state index in [4.69, 9.17) is 9.47 Å². The summed E-state index contributed by atoms with van der Waals surface area (Å²) in [5.74, 6) is 1.41. The standard InChI is InChI=1S/C19H30N4O3/c1-23(2)18(24)14-22-19(21-13-17-8-4-5-10-26-17)20-12-15-7-6-9-16(11-15)25-3/h6-7,9,11,17H,4-5,8,10,12-14H2,1-3H3,(H2,20,21,22). The van der Waals surface area contributed by atoms with Gasteiger partial charge in [-0.2, -0.15) is 0 Å². The van der Waals surface area contributed by atoms with Gasteiger partial charge in [0.2, 0.25) is 5.91 Å². The molecule has 1 fully saturated rings. The van der Waals surface area contributed by atoms with Crippen LogP contribution in [-0.2, 0) is 16.1 Å². The van der Waals surface area contributed by atoms with E-state index >= 15 is 0 Å². The lowest BCUT2D eigenvalue weighted by Crippen LogP contribution is -2.45. The zero-order valence-electron chi connectivity index (χ0n) is 16.0. The largest absolute Gasteiger partial charge is 0.497 e. The number of nitrogens with one attached hydrogen (secondary N) is 2. The first-order valence-electron chi connectivity index (χ1n) is 9.05. The smallest absolute Gasteiger partial charge is 0.241 e. The number of nitrogens with zero attached hydrogens (tertiary/aromatic N) is 2. The van der Waals surface area contributed by atoms with Gasteiger partial charge >= 0.3 is 0 Å². The van der Waals surface area contributed by atoms with Crippen LogP contribution in [0.1, 0.15) is 24.8 Å². The minimum atomic E-state index is -0.00482. The Morgan fingerprint density at radius 1 is 1.35 bits per heavy atom. The molecule has 1 unspecified atom stereocenters. The van der Waals surface area contributed by atoms with Crippen LogP contribution in [0, 0.1) is 0 Å². The first-order chi connectivity index (χ1) is 12.6. The van der Waals surface area contributed by atoms with Crippen LogP contribution in [0.3, 0.4) is 0 Å². The molecule has 1 amide bonds. The molecule has 0 radical (unpaired) electrons. The summed E-state index contributed by atoms with van der Waals surface area (Å²) in [7, 11) is 5.12. The topological polar surface area (TPSA) is 75.2 Å². The Morgan fingerprint density at radius 3 is 2.88 bits per heavy atom. The van der Waals surface area contributed by atoms with Crippen molar-refractivity contribution in [2.24, 2.45) is 4.99 Å². The number of rotatable bonds is 7. The molecule has 0 spiro atoms. The summed E-state index contributed by atoms with van der Waals surface area (Å²) in [6.07, 6.45) is 3.56. The highest BCUT2D eigenvalue weighted by atomic mass is 16.5. The van der Waals surface area contributed by atoms with Crippen LogP contribution in [0.5, 0.6) is 5.75 Å². The number of ether oxygens (including phenoxy) is 2. The van der Waals surface area contributed by atoms with E-state index in [1.54, 1.807) is 26.1 Å². The van der Waals surface area contributed by atoms with Crippen molar-refractivity contribution in [1.82, 2.24) is 15.5 Å². The van der Waals surface area contributed by atoms with Crippen LogP contribution < -0.4 is 15.4 Å². The van der Waals surface area contributed by atoms with E-state index in [2.05, 4.69) is 15.6 Å². The average Bonchev–Trinajstić information content (AvgIpc) is 2.68. The molecular weight excluding hydrogens is 332 g/mol. The highest BCUT2D eigenvalue weighted by Crippen LogP contribution is 2.13. The van der Waals surface area contributed by atoms with Gasteiger partial charge < -0.3 is 25.0 Å². The Balaban J connectivity index is 1.96. The normalized spacial score (nSPS) is 17.5. The van der Waals surface area contributed by atoms with Crippen LogP contribution in [0.15, 0.2) is 29.3 Å². The number of benzene rings is 1. The minimum Gasteiger partial charge on any atom is -0.497 e. The zero-order valence-corrected chi connectivity index (χ0v) is 16.0. The lowest BCUT2D eigenvalue weighted by atomic mass is 10.1. The first-order valence-corrected chi connectivity index (χ1v) is 9.05. The van der Waals surface area contributed by atoms with Gasteiger partial charge in [0.1, 0.15) is 5.75 Å². The molecule has 0 aliphatic carbocycles. The Hall–Kier alpha value is -2.28. The molecule has 0 bridgehead atoms. The number of carbonyl (C=O) groups is 1. The van der Waals surface area contributed by atoms with Crippen molar-refractivity contribution in [3.63, 3.8) is 0 Å². The molecule has 0 saturated carbocycles. The van der Waals surface area contributed by atoms with Crippen LogP contribution in [-0.4, -0.2) is 63.8 Å². The molecule has 26 heavy (non-hydrogen) atoms. The van der Waals surface area contributed by atoms with Gasteiger partial charge in [-0.05, 0) is 37.0 Å². The number of amides is 1. The number of guanidine groups is 1. The van der Waals surface area contributed by atoms with Crippen molar-refractivity contribution >= 4 is 11.9 Å². The molecule has 1 aliphatic heterocycles. The SMILES string of the molecule is COc1cccc(CN=C(NCC(=O)N(C)C)NCC2CCCCO2)c1. The third-order valence-corrected chi connectivity index (χ3v) is 4.23. The Labute approximate surface area is 155 Å². The van der Waals surface area contributed by atoms with Gasteiger partial charge in [0.15, 0.2) is 5.96 Å². The molecular formula is C19H30N4O3. The third kappa shape index (κ3) is 6.92. The average molecular weight is 362 g/mol. The molecule has 1 heterocycles. The highest BCUT2D eigenvalue weighted by Gasteiger charge is 2.14. The van der Waals surface area contributed by atoms with Gasteiger partial charge in [-0.25, -0.2) is 4.99 Å². The summed E-state index contributed by atoms with van der Waals surface area (Å²) in [5.41, 5.74) is 1.04. The summed E-state index contributed by atoms with van der Waals surface area (Å²) < 4.78 is 11.0. The van der Waals surface area contributed by atoms with E-state index in [1.807, 2.05) is 24.3 Å². The summed E-state index contributed by atoms with van der Waals surface area (Å²) >= 11 is 0. The molecule has 2 N–H and O–H groups in total. The molecule has 1 saturated heterocycles. The van der Waals surface area contributed by atoms with Crippen molar-refractivity contribution in [2.45, 2.75) is 31.9 Å². The van der Waals surface area contributed by atoms with Gasteiger partial charge in [0.05, 0.1) is 26.3 Å². The van der Waals surface area contributed by atoms with Crippen molar-refractivity contribution < 1.29 is 14.3 Å². The molecule has 1 atom stereocenters. The predicted molar refractivity (Wildman–Crippen MR) is 102 cm³/mol. The number of hydrogen-bond acceptors (Lipinski definition) is 4. The fourth-order valence-electron chi connectivity index (χ4n) is 2.61. The molecule has 1 aromatic carbocycles. The van der Waals surface area contributed by atoms with E-state index in [0.717, 1.165) is 30.8 Å². The molecule has 2 rings (SSSR count). The van der Waals surface area contributed by atoms with E-state index in [0.29, 0.717) is 19.0 Å². The van der Waals surface area contributed by atoms with Crippen molar-refractivity contribution in [2.75, 3.05) is 40.9 Å². The highest BCUT2D eigenvalue weighted by molar-refractivity contribution is 5.86. The third-order valence-electron chi connectivity index (χ3n) is 4.23. The Morgan fingerprint density at radius 2 is 2.19 bits per heavy atom. The number of aliphatic imine (C=N–C) groups is 1. The Bertz CT molecular complexity index is 598. The van der Waals surface area contributed by atoms with Gasteiger partial charge in [0.25, 0.3) is 0 Å². The van der Waals surface area contributed by atoms with Crippen LogP contribution in [0.4, 0.5) is 0 Å². The van der Waals surface area contributed by atoms with Crippen molar-refractivity contribution in [3.8, 4) is 5.75 Å². The fourth-order valence-corrected chi connectivity index (χ4v) is 2.61. The zero-order chi connectivity index (χ0) is 18.8. The second-order valence-corrected chi connectivity index (χ2v) is 6.53. The number of hydrogen-bond donors (Lipinski definition) is 2. The number of methoxy groups -OCH3 is 1. The van der Waals surface area contributed by atoms with E-state index in [-0.39, 0.29) is 18.6 Å². The molecule has 0 aromatic heterocycles. The molecule has 1 aromatic rings. The molecule has 7 nitrogen and oxygen atoms in total. The molecule has 1 aliphatic rings. The van der Waals surface area contributed by atoms with Gasteiger partial charge in [0, 0.05) is 27.2 Å². The maximum atomic E-state index is 11.9. The summed E-state index contributed by atoms with van der Waals surface area (Å²) in [4.78, 5) is 18.0. The summed E-state index contributed by atoms with van der Waals surface area (Å²) in [6, 6.07) is 7.80. The van der Waals surface area contributed by atoms with Crippen molar-refractivity contribution in [1.29, 1.82) is 0 Å². The summed E-state index contributed by atoms with van der Waals surface area (Å²) in [6.45, 7) is 2.19. The Kier molecular flexibility index (Phi) is 8.21. The van der Waals surface area contributed by atoms with E-state index in [1.165, 1.54) is 6.42 Å². The van der Waals surface area contributed by atoms with Crippen LogP contribution in [0.2, 0.25) is 0 Å². The first kappa shape index (κ1) is 20.0. The number of carbonyl (C=O) groups excluding carboxylic acids is 1. The second kappa shape index (κ2) is 10.7. The minimum absolute atomic E-state index is 0.00482. The predicted octanol–water partition coefficient (Wildman–Crippen LogP) is 1.39. The van der Waals surface area contributed by atoms with Gasteiger partial charge in [-0.1, -0.05) is 12.1 Å². The van der Waals surface area contributed by atoms with Crippen molar-refractivity contribution in [3.05, 3.63) is 29.8 Å². The quantitative estimate of drug-likeness (QED) is 0.566. The van der Waals surface area contributed by atoms with Gasteiger partial charge in [-0.3, -0.25) is 4.79 Å². The van der Waals surface area contributed by atoms with E-state index < -0.39 is 0 Å². The van der Waals surface area contributed by atoms with Crippen LogP contribution in [0.25, 0.3) is 0 Å². The lowest BCUT2D eigenvalue weighted by Gasteiger charge is -2.24. The van der Waals surface area contributed by atoms with Gasteiger partial charge in [-0.15, -0.1) is 0 Å². The summed E-state index contributed by atoms with van der Waals surface area (Å²) in [5, 5.41) is 6.39. The lowest BCUT2D eigenvalue weighted by molar-refractivity contribution is -0.127. The maximum Gasteiger partial charge on any atom is 0.241 e. The maximum absolute atomic E-state index is 11.9.